The highest BCUT2D eigenvalue weighted by atomic mass is 35.5. The second-order valence-corrected chi connectivity index (χ2v) is 4.48. The van der Waals surface area contributed by atoms with Crippen molar-refractivity contribution in [2.45, 2.75) is 0 Å². The Labute approximate surface area is 123 Å². The van der Waals surface area contributed by atoms with Gasteiger partial charge in [0.2, 0.25) is 0 Å². The molecule has 0 radical (unpaired) electrons. The normalized spacial score (nSPS) is 11.4. The lowest BCUT2D eigenvalue weighted by atomic mass is 10.2. The third kappa shape index (κ3) is 2.68. The van der Waals surface area contributed by atoms with E-state index < -0.39 is 5.91 Å². The number of aromatic nitrogens is 2. The summed E-state index contributed by atoms with van der Waals surface area (Å²) in [7, 11) is 0. The summed E-state index contributed by atoms with van der Waals surface area (Å²) in [6, 6.07) is 4.68. The van der Waals surface area contributed by atoms with Crippen molar-refractivity contribution in [3.8, 4) is 0 Å². The Morgan fingerprint density at radius 1 is 1.40 bits per heavy atom. The van der Waals surface area contributed by atoms with Gasteiger partial charge in [0.15, 0.2) is 5.84 Å². The van der Waals surface area contributed by atoms with E-state index in [0.717, 1.165) is 0 Å². The molecule has 7 nitrogen and oxygen atoms in total. The van der Waals surface area contributed by atoms with Crippen LogP contribution in [-0.4, -0.2) is 27.1 Å². The van der Waals surface area contributed by atoms with Crippen LogP contribution in [0.4, 0.5) is 5.82 Å². The minimum absolute atomic E-state index is 0.136. The molecule has 1 aromatic carbocycles. The molecule has 0 atom stereocenters. The van der Waals surface area contributed by atoms with Gasteiger partial charge >= 0.3 is 0 Å². The van der Waals surface area contributed by atoms with Gasteiger partial charge in [0.05, 0.1) is 27.4 Å². The quantitative estimate of drug-likeness (QED) is 0.300. The van der Waals surface area contributed by atoms with Gasteiger partial charge in [-0.15, -0.1) is 0 Å². The van der Waals surface area contributed by atoms with E-state index in [2.05, 4.69) is 20.7 Å². The van der Waals surface area contributed by atoms with Crippen LogP contribution in [0.1, 0.15) is 15.9 Å². The first-order valence-electron chi connectivity index (χ1n) is 5.31. The minimum atomic E-state index is -0.506. The van der Waals surface area contributed by atoms with Gasteiger partial charge in [-0.3, -0.25) is 9.89 Å². The van der Waals surface area contributed by atoms with Crippen LogP contribution in [0.3, 0.4) is 0 Å². The number of benzene rings is 1. The van der Waals surface area contributed by atoms with Gasteiger partial charge in [0.25, 0.3) is 5.91 Å². The summed E-state index contributed by atoms with van der Waals surface area (Å²) in [5, 5.41) is 20.6. The Morgan fingerprint density at radius 2 is 2.15 bits per heavy atom. The number of nitrogens with zero attached hydrogens (tertiary/aromatic N) is 2. The fourth-order valence-electron chi connectivity index (χ4n) is 1.49. The van der Waals surface area contributed by atoms with Gasteiger partial charge in [-0.1, -0.05) is 34.4 Å². The minimum Gasteiger partial charge on any atom is -0.409 e. The molecule has 0 fully saturated rings. The molecule has 20 heavy (non-hydrogen) atoms. The summed E-state index contributed by atoms with van der Waals surface area (Å²) >= 11 is 11.8. The molecule has 0 spiro atoms. The Hall–Kier alpha value is -2.25. The van der Waals surface area contributed by atoms with Gasteiger partial charge in [0.1, 0.15) is 5.82 Å². The highest BCUT2D eigenvalue weighted by Gasteiger charge is 2.16. The van der Waals surface area contributed by atoms with Gasteiger partial charge < -0.3 is 16.3 Å². The summed E-state index contributed by atoms with van der Waals surface area (Å²) in [5.41, 5.74) is 5.89. The number of oxime groups is 1. The summed E-state index contributed by atoms with van der Waals surface area (Å²) in [6.45, 7) is 0. The molecule has 0 aliphatic carbocycles. The molecule has 0 saturated carbocycles. The van der Waals surface area contributed by atoms with Gasteiger partial charge in [0, 0.05) is 0 Å². The lowest BCUT2D eigenvalue weighted by Gasteiger charge is -2.07. The van der Waals surface area contributed by atoms with Crippen molar-refractivity contribution in [3.05, 3.63) is 45.6 Å². The number of anilines is 1. The standard InChI is InChI=1S/C11H9Cl2N5O2/c12-7-3-1-2-5(8(7)13)11(19)16-10-6(4-15-17-10)9(14)18-20/h1-4,20H,(H2,14,18)(H2,15,16,17,19). The molecule has 1 heterocycles. The molecule has 2 rings (SSSR count). The molecule has 0 bridgehead atoms. The number of H-pyrrole nitrogens is 1. The van der Waals surface area contributed by atoms with E-state index in [1.165, 1.54) is 12.3 Å². The molecule has 104 valence electrons. The van der Waals surface area contributed by atoms with Crippen LogP contribution >= 0.6 is 23.2 Å². The largest absolute Gasteiger partial charge is 0.409 e. The highest BCUT2D eigenvalue weighted by molar-refractivity contribution is 6.44. The predicted octanol–water partition coefficient (Wildman–Crippen LogP) is 2.06. The summed E-state index contributed by atoms with van der Waals surface area (Å²) in [4.78, 5) is 12.1. The monoisotopic (exact) mass is 313 g/mol. The molecule has 1 amide bonds. The van der Waals surface area contributed by atoms with Crippen molar-refractivity contribution >= 4 is 40.8 Å². The summed E-state index contributed by atoms with van der Waals surface area (Å²) in [5.74, 6) is -0.513. The van der Waals surface area contributed by atoms with Gasteiger partial charge in [-0.2, -0.15) is 5.10 Å². The van der Waals surface area contributed by atoms with Crippen molar-refractivity contribution in [1.82, 2.24) is 10.2 Å². The summed E-state index contributed by atoms with van der Waals surface area (Å²) in [6.07, 6.45) is 1.31. The van der Waals surface area contributed by atoms with E-state index in [1.807, 2.05) is 0 Å². The number of rotatable bonds is 3. The predicted molar refractivity (Wildman–Crippen MR) is 75.5 cm³/mol. The Kier molecular flexibility index (Phi) is 4.11. The van der Waals surface area contributed by atoms with Crippen LogP contribution in [0, 0.1) is 0 Å². The lowest BCUT2D eigenvalue weighted by Crippen LogP contribution is -2.18. The fraction of sp³-hybridized carbons (Fsp3) is 0. The maximum Gasteiger partial charge on any atom is 0.258 e. The van der Waals surface area contributed by atoms with Crippen LogP contribution in [0.2, 0.25) is 10.0 Å². The number of aromatic amines is 1. The average Bonchev–Trinajstić information content (AvgIpc) is 2.89. The molecule has 0 saturated heterocycles. The molecule has 9 heteroatoms. The first-order chi connectivity index (χ1) is 9.54. The number of hydrogen-bond donors (Lipinski definition) is 4. The van der Waals surface area contributed by atoms with Crippen LogP contribution in [0.15, 0.2) is 29.6 Å². The van der Waals surface area contributed by atoms with Crippen molar-refractivity contribution in [2.75, 3.05) is 5.32 Å². The van der Waals surface area contributed by atoms with E-state index in [9.17, 15) is 4.79 Å². The van der Waals surface area contributed by atoms with Gasteiger partial charge in [-0.25, -0.2) is 0 Å². The van der Waals surface area contributed by atoms with Crippen molar-refractivity contribution in [3.63, 3.8) is 0 Å². The van der Waals surface area contributed by atoms with Crippen LogP contribution < -0.4 is 11.1 Å². The number of carbonyl (C=O) groups excluding carboxylic acids is 1. The molecular formula is C11H9Cl2N5O2. The van der Waals surface area contributed by atoms with Crippen LogP contribution in [0.25, 0.3) is 0 Å². The number of nitrogens with two attached hydrogens (primary N) is 1. The van der Waals surface area contributed by atoms with E-state index in [-0.39, 0.29) is 32.8 Å². The zero-order valence-corrected chi connectivity index (χ0v) is 11.4. The molecule has 0 aliphatic heterocycles. The lowest BCUT2D eigenvalue weighted by molar-refractivity contribution is 0.102. The average molecular weight is 314 g/mol. The second kappa shape index (κ2) is 5.81. The molecule has 1 aromatic heterocycles. The van der Waals surface area contributed by atoms with E-state index in [1.54, 1.807) is 12.1 Å². The van der Waals surface area contributed by atoms with E-state index >= 15 is 0 Å². The van der Waals surface area contributed by atoms with Crippen LogP contribution in [-0.2, 0) is 0 Å². The fourth-order valence-corrected chi connectivity index (χ4v) is 1.88. The number of hydrogen-bond acceptors (Lipinski definition) is 4. The maximum absolute atomic E-state index is 12.1. The highest BCUT2D eigenvalue weighted by Crippen LogP contribution is 2.26. The maximum atomic E-state index is 12.1. The number of halogens is 2. The zero-order valence-electron chi connectivity index (χ0n) is 9.89. The number of carbonyl (C=O) groups is 1. The van der Waals surface area contributed by atoms with E-state index in [0.29, 0.717) is 0 Å². The number of amides is 1. The third-order valence-electron chi connectivity index (χ3n) is 2.46. The van der Waals surface area contributed by atoms with Gasteiger partial charge in [-0.05, 0) is 12.1 Å². The Balaban J connectivity index is 2.29. The molecule has 0 aliphatic rings. The molecule has 2 aromatic rings. The third-order valence-corrected chi connectivity index (χ3v) is 3.28. The first-order valence-corrected chi connectivity index (χ1v) is 6.06. The van der Waals surface area contributed by atoms with E-state index in [4.69, 9.17) is 34.1 Å². The topological polar surface area (TPSA) is 116 Å². The smallest absolute Gasteiger partial charge is 0.258 e. The number of amidine groups is 1. The molecular weight excluding hydrogens is 305 g/mol. The molecule has 5 N–H and O–H groups in total. The second-order valence-electron chi connectivity index (χ2n) is 3.70. The first kappa shape index (κ1) is 14.2. The molecule has 0 unspecified atom stereocenters. The van der Waals surface area contributed by atoms with Crippen LogP contribution in [0.5, 0.6) is 0 Å². The Bertz CT molecular complexity index is 683. The van der Waals surface area contributed by atoms with Crippen molar-refractivity contribution in [2.24, 2.45) is 10.9 Å². The zero-order chi connectivity index (χ0) is 14.7. The Morgan fingerprint density at radius 3 is 2.85 bits per heavy atom. The van der Waals surface area contributed by atoms with Crippen molar-refractivity contribution < 1.29 is 10.0 Å². The summed E-state index contributed by atoms with van der Waals surface area (Å²) < 4.78 is 0. The number of nitrogens with one attached hydrogen (secondary N) is 2. The SMILES string of the molecule is NC(=NO)c1cn[nH]c1NC(=O)c1cccc(Cl)c1Cl. The van der Waals surface area contributed by atoms with Crippen molar-refractivity contribution in [1.29, 1.82) is 0 Å².